The number of nitrogens with one attached hydrogen (secondary N) is 1. The Morgan fingerprint density at radius 1 is 1.05 bits per heavy atom. The number of carbonyl (C=O) groups excluding carboxylic acids is 1. The zero-order valence-corrected chi connectivity index (χ0v) is 12.1. The molecular weight excluding hydrogens is 302 g/mol. The van der Waals surface area contributed by atoms with Gasteiger partial charge < -0.3 is 5.32 Å². The lowest BCUT2D eigenvalue weighted by Crippen LogP contribution is -2.12. The Kier molecular flexibility index (Phi) is 4.53. The van der Waals surface area contributed by atoms with Crippen LogP contribution in [0.1, 0.15) is 12.5 Å². The van der Waals surface area contributed by atoms with Gasteiger partial charge in [0, 0.05) is 15.7 Å². The SMILES string of the molecule is CC(=Cc1ccccc1)C(=O)Nc1ccc(Br)cc1. The van der Waals surface area contributed by atoms with Gasteiger partial charge in [0.25, 0.3) is 5.91 Å². The second kappa shape index (κ2) is 6.34. The Morgan fingerprint density at radius 2 is 1.68 bits per heavy atom. The largest absolute Gasteiger partial charge is 0.322 e. The number of carbonyl (C=O) groups is 1. The van der Waals surface area contributed by atoms with E-state index in [1.54, 1.807) is 6.92 Å². The van der Waals surface area contributed by atoms with Gasteiger partial charge in [-0.15, -0.1) is 0 Å². The molecule has 0 aliphatic rings. The summed E-state index contributed by atoms with van der Waals surface area (Å²) in [6, 6.07) is 17.3. The summed E-state index contributed by atoms with van der Waals surface area (Å²) in [7, 11) is 0. The molecule has 3 heteroatoms. The molecule has 0 unspecified atom stereocenters. The van der Waals surface area contributed by atoms with Crippen molar-refractivity contribution in [3.63, 3.8) is 0 Å². The van der Waals surface area contributed by atoms with Crippen LogP contribution in [0.2, 0.25) is 0 Å². The highest BCUT2D eigenvalue weighted by Gasteiger charge is 2.04. The number of halogens is 1. The van der Waals surface area contributed by atoms with Crippen LogP contribution >= 0.6 is 15.9 Å². The van der Waals surface area contributed by atoms with Crippen LogP contribution in [0, 0.1) is 0 Å². The number of hydrogen-bond donors (Lipinski definition) is 1. The van der Waals surface area contributed by atoms with Crippen molar-refractivity contribution in [2.24, 2.45) is 0 Å². The molecule has 1 amide bonds. The topological polar surface area (TPSA) is 29.1 Å². The first kappa shape index (κ1) is 13.6. The van der Waals surface area contributed by atoms with E-state index in [1.807, 2.05) is 60.7 Å². The van der Waals surface area contributed by atoms with Gasteiger partial charge in [-0.3, -0.25) is 4.79 Å². The predicted molar refractivity (Wildman–Crippen MR) is 82.9 cm³/mol. The highest BCUT2D eigenvalue weighted by molar-refractivity contribution is 9.10. The first-order valence-electron chi connectivity index (χ1n) is 5.95. The zero-order chi connectivity index (χ0) is 13.7. The van der Waals surface area contributed by atoms with Crippen LogP contribution in [0.3, 0.4) is 0 Å². The van der Waals surface area contributed by atoms with Gasteiger partial charge >= 0.3 is 0 Å². The summed E-state index contributed by atoms with van der Waals surface area (Å²) in [5.41, 5.74) is 2.48. The van der Waals surface area contributed by atoms with Crippen LogP contribution in [0.25, 0.3) is 6.08 Å². The first-order valence-corrected chi connectivity index (χ1v) is 6.75. The molecule has 0 saturated carbocycles. The van der Waals surface area contributed by atoms with E-state index in [9.17, 15) is 4.79 Å². The first-order chi connectivity index (χ1) is 9.15. The molecule has 2 rings (SSSR count). The van der Waals surface area contributed by atoms with E-state index in [4.69, 9.17) is 0 Å². The van der Waals surface area contributed by atoms with Crippen molar-refractivity contribution < 1.29 is 4.79 Å². The van der Waals surface area contributed by atoms with E-state index >= 15 is 0 Å². The van der Waals surface area contributed by atoms with Gasteiger partial charge in [0.2, 0.25) is 0 Å². The number of rotatable bonds is 3. The molecule has 0 spiro atoms. The minimum absolute atomic E-state index is 0.0915. The summed E-state index contributed by atoms with van der Waals surface area (Å²) in [4.78, 5) is 12.0. The van der Waals surface area contributed by atoms with E-state index in [0.717, 1.165) is 15.7 Å². The van der Waals surface area contributed by atoms with Crippen LogP contribution in [0.15, 0.2) is 64.6 Å². The molecule has 0 aliphatic heterocycles. The molecule has 2 aromatic carbocycles. The van der Waals surface area contributed by atoms with Crippen molar-refractivity contribution in [1.82, 2.24) is 0 Å². The number of amides is 1. The monoisotopic (exact) mass is 315 g/mol. The third kappa shape index (κ3) is 4.07. The van der Waals surface area contributed by atoms with E-state index in [0.29, 0.717) is 5.57 Å². The standard InChI is InChI=1S/C16H14BrNO/c1-12(11-13-5-3-2-4-6-13)16(19)18-15-9-7-14(17)8-10-15/h2-11H,1H3,(H,18,19). The molecule has 0 aromatic heterocycles. The predicted octanol–water partition coefficient (Wildman–Crippen LogP) is 4.49. The normalized spacial score (nSPS) is 11.2. The molecule has 96 valence electrons. The summed E-state index contributed by atoms with van der Waals surface area (Å²) in [5.74, 6) is -0.0915. The molecule has 2 nitrogen and oxygen atoms in total. The lowest BCUT2D eigenvalue weighted by atomic mass is 10.1. The molecular formula is C16H14BrNO. The van der Waals surface area contributed by atoms with Crippen molar-refractivity contribution in [3.05, 3.63) is 70.2 Å². The quantitative estimate of drug-likeness (QED) is 0.831. The van der Waals surface area contributed by atoms with Crippen molar-refractivity contribution in [2.75, 3.05) is 5.32 Å². The zero-order valence-electron chi connectivity index (χ0n) is 10.6. The summed E-state index contributed by atoms with van der Waals surface area (Å²) in [6.45, 7) is 1.81. The van der Waals surface area contributed by atoms with Gasteiger partial charge in [-0.1, -0.05) is 46.3 Å². The van der Waals surface area contributed by atoms with E-state index in [-0.39, 0.29) is 5.91 Å². The number of benzene rings is 2. The van der Waals surface area contributed by atoms with Gasteiger partial charge in [-0.25, -0.2) is 0 Å². The van der Waals surface area contributed by atoms with Crippen LogP contribution in [0.4, 0.5) is 5.69 Å². The lowest BCUT2D eigenvalue weighted by Gasteiger charge is -2.05. The fourth-order valence-corrected chi connectivity index (χ4v) is 1.89. The van der Waals surface area contributed by atoms with Crippen LogP contribution in [0.5, 0.6) is 0 Å². The molecule has 0 radical (unpaired) electrons. The molecule has 1 N–H and O–H groups in total. The molecule has 0 heterocycles. The fraction of sp³-hybridized carbons (Fsp3) is 0.0625. The summed E-state index contributed by atoms with van der Waals surface area (Å²) in [6.07, 6.45) is 1.87. The average Bonchev–Trinajstić information content (AvgIpc) is 2.42. The number of anilines is 1. The Hall–Kier alpha value is -1.87. The molecule has 19 heavy (non-hydrogen) atoms. The maximum atomic E-state index is 12.0. The Balaban J connectivity index is 2.07. The maximum Gasteiger partial charge on any atom is 0.251 e. The maximum absolute atomic E-state index is 12.0. The lowest BCUT2D eigenvalue weighted by molar-refractivity contribution is -0.112. The van der Waals surface area contributed by atoms with E-state index in [2.05, 4.69) is 21.2 Å². The molecule has 0 bridgehead atoms. The van der Waals surface area contributed by atoms with Crippen LogP contribution in [-0.4, -0.2) is 5.91 Å². The Morgan fingerprint density at radius 3 is 2.32 bits per heavy atom. The van der Waals surface area contributed by atoms with Crippen molar-refractivity contribution in [3.8, 4) is 0 Å². The smallest absolute Gasteiger partial charge is 0.251 e. The molecule has 2 aromatic rings. The third-order valence-electron chi connectivity index (χ3n) is 2.64. The van der Waals surface area contributed by atoms with Gasteiger partial charge in [-0.05, 0) is 42.8 Å². The third-order valence-corrected chi connectivity index (χ3v) is 3.17. The second-order valence-corrected chi connectivity index (χ2v) is 5.11. The van der Waals surface area contributed by atoms with Gasteiger partial charge in [0.1, 0.15) is 0 Å². The average molecular weight is 316 g/mol. The number of hydrogen-bond acceptors (Lipinski definition) is 1. The summed E-state index contributed by atoms with van der Waals surface area (Å²) < 4.78 is 0.988. The highest BCUT2D eigenvalue weighted by atomic mass is 79.9. The van der Waals surface area contributed by atoms with Crippen LogP contribution < -0.4 is 5.32 Å². The Bertz CT molecular complexity index is 588. The van der Waals surface area contributed by atoms with Gasteiger partial charge in [0.15, 0.2) is 0 Å². The molecule has 0 atom stereocenters. The fourth-order valence-electron chi connectivity index (χ4n) is 1.63. The van der Waals surface area contributed by atoms with Crippen molar-refractivity contribution >= 4 is 33.6 Å². The van der Waals surface area contributed by atoms with Crippen molar-refractivity contribution in [2.45, 2.75) is 6.92 Å². The highest BCUT2D eigenvalue weighted by Crippen LogP contribution is 2.15. The van der Waals surface area contributed by atoms with Crippen molar-refractivity contribution in [1.29, 1.82) is 0 Å². The van der Waals surface area contributed by atoms with E-state index < -0.39 is 0 Å². The molecule has 0 fully saturated rings. The summed E-state index contributed by atoms with van der Waals surface area (Å²) >= 11 is 3.36. The summed E-state index contributed by atoms with van der Waals surface area (Å²) in [5, 5.41) is 2.86. The minimum atomic E-state index is -0.0915. The van der Waals surface area contributed by atoms with Crippen LogP contribution in [-0.2, 0) is 4.79 Å². The van der Waals surface area contributed by atoms with Gasteiger partial charge in [0.05, 0.1) is 0 Å². The van der Waals surface area contributed by atoms with Gasteiger partial charge in [-0.2, -0.15) is 0 Å². The molecule has 0 aliphatic carbocycles. The van der Waals surface area contributed by atoms with E-state index in [1.165, 1.54) is 0 Å². The second-order valence-electron chi connectivity index (χ2n) is 4.20. The molecule has 0 saturated heterocycles. The Labute approximate surface area is 121 Å². The minimum Gasteiger partial charge on any atom is -0.322 e.